The number of amides is 3. The van der Waals surface area contributed by atoms with E-state index < -0.39 is 30.2 Å². The molecule has 1 fully saturated rings. The largest absolute Gasteiger partial charge is 0.497 e. The van der Waals surface area contributed by atoms with Gasteiger partial charge in [0.05, 0.1) is 24.3 Å². The van der Waals surface area contributed by atoms with Gasteiger partial charge in [0.2, 0.25) is 11.8 Å². The van der Waals surface area contributed by atoms with Gasteiger partial charge in [-0.05, 0) is 60.2 Å². The zero-order valence-electron chi connectivity index (χ0n) is 21.3. The molecular weight excluding hydrogens is 595 g/mol. The summed E-state index contributed by atoms with van der Waals surface area (Å²) >= 11 is 2.99. The van der Waals surface area contributed by atoms with Crippen molar-refractivity contribution in [2.24, 2.45) is 5.92 Å². The monoisotopic (exact) mass is 619 g/mol. The minimum absolute atomic E-state index is 0.0723. The zero-order valence-corrected chi connectivity index (χ0v) is 22.8. The molecule has 3 aromatic rings. The summed E-state index contributed by atoms with van der Waals surface area (Å²) in [5.41, 5.74) is 0.0894. The number of hydrogen-bond acceptors (Lipinski definition) is 5. The van der Waals surface area contributed by atoms with Crippen LogP contribution in [0, 0.1) is 5.92 Å². The number of ether oxygens (including phenoxy) is 2. The van der Waals surface area contributed by atoms with Crippen molar-refractivity contribution in [1.82, 2.24) is 5.32 Å². The molecule has 0 spiro atoms. The molecule has 12 heteroatoms. The van der Waals surface area contributed by atoms with Gasteiger partial charge in [-0.3, -0.25) is 14.4 Å². The van der Waals surface area contributed by atoms with E-state index in [0.717, 1.165) is 17.7 Å². The number of carbonyl (C=O) groups is 3. The Labute approximate surface area is 236 Å². The number of benzene rings is 3. The molecule has 1 saturated heterocycles. The average molecular weight is 620 g/mol. The van der Waals surface area contributed by atoms with Crippen molar-refractivity contribution in [3.8, 4) is 11.5 Å². The van der Waals surface area contributed by atoms with E-state index >= 15 is 0 Å². The van der Waals surface area contributed by atoms with Crippen molar-refractivity contribution >= 4 is 45.0 Å². The predicted octanol–water partition coefficient (Wildman–Crippen LogP) is 5.16. The molecule has 40 heavy (non-hydrogen) atoms. The number of alkyl halides is 3. The van der Waals surface area contributed by atoms with Gasteiger partial charge < -0.3 is 25.0 Å². The van der Waals surface area contributed by atoms with Crippen molar-refractivity contribution < 1.29 is 37.0 Å². The van der Waals surface area contributed by atoms with Crippen LogP contribution < -0.4 is 25.0 Å². The van der Waals surface area contributed by atoms with Crippen LogP contribution in [0.1, 0.15) is 17.5 Å². The van der Waals surface area contributed by atoms with Crippen LogP contribution in [0.2, 0.25) is 0 Å². The smallest absolute Gasteiger partial charge is 0.418 e. The fourth-order valence-corrected chi connectivity index (χ4v) is 4.49. The SMILES string of the molecule is COc1ccc(CNC(=O)[C@H]2CC(=O)N(c3ccc(OCC(=O)Nc4ccc(Br)cc4C(F)(F)F)cc3)C2)cc1. The first-order valence-electron chi connectivity index (χ1n) is 12.1. The van der Waals surface area contributed by atoms with E-state index in [1.807, 2.05) is 12.1 Å². The van der Waals surface area contributed by atoms with Crippen LogP contribution in [-0.4, -0.2) is 38.0 Å². The maximum Gasteiger partial charge on any atom is 0.418 e. The van der Waals surface area contributed by atoms with Gasteiger partial charge in [0.25, 0.3) is 5.91 Å². The van der Waals surface area contributed by atoms with Crippen molar-refractivity contribution in [3.05, 3.63) is 82.3 Å². The highest BCUT2D eigenvalue weighted by atomic mass is 79.9. The van der Waals surface area contributed by atoms with Crippen LogP contribution in [0.25, 0.3) is 0 Å². The van der Waals surface area contributed by atoms with Gasteiger partial charge in [0.1, 0.15) is 11.5 Å². The van der Waals surface area contributed by atoms with Gasteiger partial charge in [-0.15, -0.1) is 0 Å². The Hall–Kier alpha value is -4.06. The minimum Gasteiger partial charge on any atom is -0.497 e. The third-order valence-electron chi connectivity index (χ3n) is 6.20. The van der Waals surface area contributed by atoms with Crippen molar-refractivity contribution in [1.29, 1.82) is 0 Å². The van der Waals surface area contributed by atoms with Crippen LogP contribution in [0.5, 0.6) is 11.5 Å². The summed E-state index contributed by atoms with van der Waals surface area (Å²) in [5, 5.41) is 5.07. The molecule has 4 rings (SSSR count). The summed E-state index contributed by atoms with van der Waals surface area (Å²) in [4.78, 5) is 39.0. The van der Waals surface area contributed by atoms with Crippen molar-refractivity contribution in [2.45, 2.75) is 19.1 Å². The van der Waals surface area contributed by atoms with Crippen molar-refractivity contribution in [2.75, 3.05) is 30.5 Å². The highest BCUT2D eigenvalue weighted by Gasteiger charge is 2.35. The summed E-state index contributed by atoms with van der Waals surface area (Å²) in [6.07, 6.45) is -4.57. The Morgan fingerprint density at radius 2 is 1.70 bits per heavy atom. The Morgan fingerprint density at radius 3 is 2.35 bits per heavy atom. The molecule has 0 bridgehead atoms. The number of nitrogens with zero attached hydrogens (tertiary/aromatic N) is 1. The predicted molar refractivity (Wildman–Crippen MR) is 145 cm³/mol. The molecule has 210 valence electrons. The molecular formula is C28H25BrF3N3O5. The van der Waals surface area contributed by atoms with Gasteiger partial charge >= 0.3 is 6.18 Å². The first kappa shape index (κ1) is 28.9. The minimum atomic E-state index is -4.65. The van der Waals surface area contributed by atoms with E-state index in [-0.39, 0.29) is 40.7 Å². The van der Waals surface area contributed by atoms with E-state index in [9.17, 15) is 27.6 Å². The lowest BCUT2D eigenvalue weighted by Gasteiger charge is -2.17. The van der Waals surface area contributed by atoms with Gasteiger partial charge in [-0.2, -0.15) is 13.2 Å². The maximum atomic E-state index is 13.3. The van der Waals surface area contributed by atoms with Crippen LogP contribution >= 0.6 is 15.9 Å². The van der Waals surface area contributed by atoms with E-state index in [1.54, 1.807) is 31.4 Å². The molecule has 1 aliphatic rings. The Morgan fingerprint density at radius 1 is 1.02 bits per heavy atom. The molecule has 0 aromatic heterocycles. The number of rotatable bonds is 9. The van der Waals surface area contributed by atoms with Gasteiger partial charge in [0, 0.05) is 29.7 Å². The molecule has 3 aromatic carbocycles. The van der Waals surface area contributed by atoms with Gasteiger partial charge in [0.15, 0.2) is 6.61 Å². The van der Waals surface area contributed by atoms with Crippen LogP contribution in [0.4, 0.5) is 24.5 Å². The maximum absolute atomic E-state index is 13.3. The second-order valence-corrected chi connectivity index (χ2v) is 9.91. The molecule has 0 saturated carbocycles. The topological polar surface area (TPSA) is 97.0 Å². The molecule has 1 atom stereocenters. The van der Waals surface area contributed by atoms with Crippen LogP contribution in [-0.2, 0) is 27.1 Å². The first-order valence-corrected chi connectivity index (χ1v) is 12.9. The number of anilines is 2. The average Bonchev–Trinajstić information content (AvgIpc) is 3.33. The fourth-order valence-electron chi connectivity index (χ4n) is 4.13. The normalized spacial score (nSPS) is 15.1. The molecule has 0 unspecified atom stereocenters. The zero-order chi connectivity index (χ0) is 28.9. The van der Waals surface area contributed by atoms with Crippen molar-refractivity contribution in [3.63, 3.8) is 0 Å². The van der Waals surface area contributed by atoms with Gasteiger partial charge in [-0.25, -0.2) is 0 Å². The van der Waals surface area contributed by atoms with E-state index in [4.69, 9.17) is 9.47 Å². The Kier molecular flexibility index (Phi) is 8.98. The number of halogens is 4. The second-order valence-electron chi connectivity index (χ2n) is 8.99. The highest BCUT2D eigenvalue weighted by molar-refractivity contribution is 9.10. The third kappa shape index (κ3) is 7.32. The lowest BCUT2D eigenvalue weighted by molar-refractivity contribution is -0.137. The summed E-state index contributed by atoms with van der Waals surface area (Å²) in [5.74, 6) is -0.705. The quantitative estimate of drug-likeness (QED) is 0.345. The molecule has 0 aliphatic carbocycles. The second kappa shape index (κ2) is 12.4. The molecule has 1 aliphatic heterocycles. The standard InChI is InChI=1S/C28H25BrF3N3O5/c1-39-21-7-2-17(3-8-21)14-33-27(38)18-12-26(37)35(15-18)20-5-9-22(10-6-20)40-16-25(36)34-24-11-4-19(29)13-23(24)28(30,31)32/h2-11,13,18H,12,14-16H2,1H3,(H,33,38)(H,34,36)/t18-/m0/s1. The summed E-state index contributed by atoms with van der Waals surface area (Å²) < 4.78 is 50.6. The number of methoxy groups -OCH3 is 1. The van der Waals surface area contributed by atoms with E-state index in [2.05, 4.69) is 26.6 Å². The number of carbonyl (C=O) groups excluding carboxylic acids is 3. The molecule has 1 heterocycles. The fraction of sp³-hybridized carbons (Fsp3) is 0.250. The van der Waals surface area contributed by atoms with E-state index in [0.29, 0.717) is 18.0 Å². The molecule has 8 nitrogen and oxygen atoms in total. The lowest BCUT2D eigenvalue weighted by atomic mass is 10.1. The summed E-state index contributed by atoms with van der Waals surface area (Å²) in [7, 11) is 1.57. The number of nitrogens with one attached hydrogen (secondary N) is 2. The first-order chi connectivity index (χ1) is 19.0. The lowest BCUT2D eigenvalue weighted by Crippen LogP contribution is -2.32. The van der Waals surface area contributed by atoms with Gasteiger partial charge in [-0.1, -0.05) is 28.1 Å². The van der Waals surface area contributed by atoms with Crippen LogP contribution in [0.3, 0.4) is 0 Å². The highest BCUT2D eigenvalue weighted by Crippen LogP contribution is 2.36. The third-order valence-corrected chi connectivity index (χ3v) is 6.69. The molecule has 3 amide bonds. The molecule has 0 radical (unpaired) electrons. The molecule has 2 N–H and O–H groups in total. The Balaban J connectivity index is 1.28. The Bertz CT molecular complexity index is 1380. The summed E-state index contributed by atoms with van der Waals surface area (Å²) in [6.45, 7) is 0.0167. The van der Waals surface area contributed by atoms with E-state index in [1.165, 1.54) is 23.1 Å². The number of hydrogen-bond donors (Lipinski definition) is 2. The summed E-state index contributed by atoms with van der Waals surface area (Å²) in [6, 6.07) is 17.0. The van der Waals surface area contributed by atoms with Crippen LogP contribution in [0.15, 0.2) is 71.2 Å².